The number of hydrogen-bond acceptors (Lipinski definition) is 5. The molecule has 0 saturated heterocycles. The van der Waals surface area contributed by atoms with Crippen molar-refractivity contribution in [1.82, 2.24) is 0 Å². The fourth-order valence-corrected chi connectivity index (χ4v) is 3.75. The lowest BCUT2D eigenvalue weighted by atomic mass is 9.96. The Hall–Kier alpha value is -4.14. The highest BCUT2D eigenvalue weighted by Crippen LogP contribution is 2.35. The number of alkyl halides is 3. The van der Waals surface area contributed by atoms with Gasteiger partial charge in [-0.15, -0.1) is 0 Å². The second kappa shape index (κ2) is 11.7. The summed E-state index contributed by atoms with van der Waals surface area (Å²) in [5.74, 6) is -1.10. The predicted octanol–water partition coefficient (Wildman–Crippen LogP) is 6.92. The Kier molecular flexibility index (Phi) is 8.70. The number of carbonyl (C=O) groups is 1. The van der Waals surface area contributed by atoms with Crippen molar-refractivity contribution in [2.45, 2.75) is 26.6 Å². The van der Waals surface area contributed by atoms with Crippen LogP contribution in [0.25, 0.3) is 16.7 Å². The van der Waals surface area contributed by atoms with Crippen LogP contribution in [0.4, 0.5) is 17.6 Å². The number of esters is 1. The van der Waals surface area contributed by atoms with Crippen LogP contribution in [0, 0.1) is 12.7 Å². The van der Waals surface area contributed by atoms with Gasteiger partial charge in [0.15, 0.2) is 0 Å². The van der Waals surface area contributed by atoms with Crippen molar-refractivity contribution in [2.75, 3.05) is 14.2 Å². The number of methoxy groups -OCH3 is 2. The SMILES string of the molecule is CO/C=C(/C(=O)OC)c1cccc(C)c1CO/N=C(\C)c1ccc(-c2ccc(F)cc2)cc1C(F)(F)F. The molecule has 0 aliphatic heterocycles. The van der Waals surface area contributed by atoms with E-state index >= 15 is 0 Å². The van der Waals surface area contributed by atoms with Crippen LogP contribution in [-0.2, 0) is 31.9 Å². The van der Waals surface area contributed by atoms with Gasteiger partial charge >= 0.3 is 12.1 Å². The van der Waals surface area contributed by atoms with Crippen molar-refractivity contribution in [3.8, 4) is 11.1 Å². The zero-order valence-electron chi connectivity index (χ0n) is 20.7. The maximum atomic E-state index is 13.9. The fraction of sp³-hybridized carbons (Fsp3) is 0.214. The third kappa shape index (κ3) is 6.55. The van der Waals surface area contributed by atoms with Gasteiger partial charge in [-0.25, -0.2) is 9.18 Å². The fourth-order valence-electron chi connectivity index (χ4n) is 3.75. The number of hydrogen-bond donors (Lipinski definition) is 0. The van der Waals surface area contributed by atoms with Gasteiger partial charge in [0.1, 0.15) is 18.0 Å². The second-order valence-corrected chi connectivity index (χ2v) is 8.07. The molecule has 0 heterocycles. The third-order valence-electron chi connectivity index (χ3n) is 5.64. The topological polar surface area (TPSA) is 57.1 Å². The molecule has 194 valence electrons. The molecule has 0 saturated carbocycles. The molecule has 0 radical (unpaired) electrons. The zero-order valence-corrected chi connectivity index (χ0v) is 20.7. The summed E-state index contributed by atoms with van der Waals surface area (Å²) in [6.45, 7) is 3.09. The summed E-state index contributed by atoms with van der Waals surface area (Å²) in [6.07, 6.45) is -3.41. The molecular weight excluding hydrogens is 490 g/mol. The van der Waals surface area contributed by atoms with Crippen LogP contribution in [0.3, 0.4) is 0 Å². The van der Waals surface area contributed by atoms with Gasteiger partial charge in [-0.3, -0.25) is 0 Å². The van der Waals surface area contributed by atoms with Gasteiger partial charge in [0, 0.05) is 11.1 Å². The average molecular weight is 516 g/mol. The van der Waals surface area contributed by atoms with Crippen molar-refractivity contribution in [3.05, 3.63) is 101 Å². The van der Waals surface area contributed by atoms with Crippen molar-refractivity contribution in [2.24, 2.45) is 5.16 Å². The van der Waals surface area contributed by atoms with Crippen LogP contribution >= 0.6 is 0 Å². The number of ether oxygens (including phenoxy) is 2. The second-order valence-electron chi connectivity index (χ2n) is 8.07. The van der Waals surface area contributed by atoms with Gasteiger partial charge in [0.2, 0.25) is 0 Å². The molecule has 37 heavy (non-hydrogen) atoms. The smallest absolute Gasteiger partial charge is 0.417 e. The summed E-state index contributed by atoms with van der Waals surface area (Å²) in [5, 5.41) is 3.93. The van der Waals surface area contributed by atoms with E-state index in [9.17, 15) is 22.4 Å². The van der Waals surface area contributed by atoms with E-state index in [4.69, 9.17) is 14.3 Å². The molecule has 3 aromatic rings. The lowest BCUT2D eigenvalue weighted by Gasteiger charge is -2.16. The molecule has 0 fully saturated rings. The quantitative estimate of drug-likeness (QED) is 0.0816. The number of carbonyl (C=O) groups excluding carboxylic acids is 1. The molecule has 0 amide bonds. The molecule has 9 heteroatoms. The van der Waals surface area contributed by atoms with E-state index in [0.717, 1.165) is 11.6 Å². The molecule has 0 aliphatic rings. The minimum Gasteiger partial charge on any atom is -0.503 e. The summed E-state index contributed by atoms with van der Waals surface area (Å²) in [4.78, 5) is 17.7. The van der Waals surface area contributed by atoms with E-state index in [1.54, 1.807) is 25.1 Å². The number of oxime groups is 1. The van der Waals surface area contributed by atoms with Crippen LogP contribution < -0.4 is 0 Å². The summed E-state index contributed by atoms with van der Waals surface area (Å²) < 4.78 is 64.8. The van der Waals surface area contributed by atoms with Gasteiger partial charge < -0.3 is 14.3 Å². The summed E-state index contributed by atoms with van der Waals surface area (Å²) in [6, 6.07) is 14.2. The zero-order chi connectivity index (χ0) is 27.2. The molecule has 3 rings (SSSR count). The Morgan fingerprint density at radius 1 is 0.973 bits per heavy atom. The Bertz CT molecular complexity index is 1330. The van der Waals surface area contributed by atoms with Gasteiger partial charge in [-0.05, 0) is 54.3 Å². The molecular formula is C28H25F4NO4. The van der Waals surface area contributed by atoms with Crippen molar-refractivity contribution in [1.29, 1.82) is 0 Å². The standard InChI is InChI=1S/C28H25F4NO4/c1-17-6-5-7-23(25(15-35-3)27(34)36-4)24(17)16-37-33-18(2)22-13-10-20(14-26(22)28(30,31)32)19-8-11-21(29)12-9-19/h5-15H,16H2,1-4H3/b25-15+,33-18+. The molecule has 0 bridgehead atoms. The van der Waals surface area contributed by atoms with Gasteiger partial charge in [-0.2, -0.15) is 13.2 Å². The van der Waals surface area contributed by atoms with Gasteiger partial charge in [0.05, 0.1) is 31.8 Å². The molecule has 3 aromatic carbocycles. The van der Waals surface area contributed by atoms with Crippen molar-refractivity contribution >= 4 is 17.3 Å². The van der Waals surface area contributed by atoms with E-state index in [1.165, 1.54) is 63.8 Å². The average Bonchev–Trinajstić information content (AvgIpc) is 2.87. The van der Waals surface area contributed by atoms with E-state index in [-0.39, 0.29) is 29.0 Å². The van der Waals surface area contributed by atoms with Crippen LogP contribution in [-0.4, -0.2) is 25.9 Å². The minimum absolute atomic E-state index is 0.00809. The third-order valence-corrected chi connectivity index (χ3v) is 5.64. The summed E-state index contributed by atoms with van der Waals surface area (Å²) >= 11 is 0. The highest BCUT2D eigenvalue weighted by molar-refractivity contribution is 6.16. The minimum atomic E-state index is -4.66. The maximum Gasteiger partial charge on any atom is 0.417 e. The van der Waals surface area contributed by atoms with Crippen LogP contribution in [0.1, 0.15) is 34.7 Å². The monoisotopic (exact) mass is 515 g/mol. The Morgan fingerprint density at radius 2 is 1.65 bits per heavy atom. The lowest BCUT2D eigenvalue weighted by Crippen LogP contribution is -2.13. The van der Waals surface area contributed by atoms with Crippen molar-refractivity contribution < 1.29 is 36.7 Å². The Labute approximate surface area is 212 Å². The number of nitrogens with zero attached hydrogens (tertiary/aromatic N) is 1. The van der Waals surface area contributed by atoms with E-state index in [2.05, 4.69) is 5.16 Å². The Balaban J connectivity index is 1.93. The molecule has 0 N–H and O–H groups in total. The first kappa shape index (κ1) is 27.4. The van der Waals surface area contributed by atoms with E-state index < -0.39 is 23.5 Å². The number of aryl methyl sites for hydroxylation is 1. The lowest BCUT2D eigenvalue weighted by molar-refractivity contribution is -0.137. The number of halogens is 4. The molecule has 0 atom stereocenters. The first-order valence-electron chi connectivity index (χ1n) is 11.1. The van der Waals surface area contributed by atoms with E-state index in [1.807, 2.05) is 0 Å². The summed E-state index contributed by atoms with van der Waals surface area (Å²) in [7, 11) is 2.63. The van der Waals surface area contributed by atoms with Crippen LogP contribution in [0.2, 0.25) is 0 Å². The van der Waals surface area contributed by atoms with Gasteiger partial charge in [-0.1, -0.05) is 47.6 Å². The van der Waals surface area contributed by atoms with Crippen LogP contribution in [0.15, 0.2) is 72.1 Å². The molecule has 0 aliphatic carbocycles. The van der Waals surface area contributed by atoms with E-state index in [0.29, 0.717) is 16.7 Å². The first-order valence-corrected chi connectivity index (χ1v) is 11.1. The summed E-state index contributed by atoms with van der Waals surface area (Å²) in [5.41, 5.74) is 1.70. The highest BCUT2D eigenvalue weighted by atomic mass is 19.4. The van der Waals surface area contributed by atoms with Gasteiger partial charge in [0.25, 0.3) is 0 Å². The molecule has 0 aromatic heterocycles. The molecule has 0 unspecified atom stereocenters. The number of benzene rings is 3. The van der Waals surface area contributed by atoms with Crippen LogP contribution in [0.5, 0.6) is 0 Å². The molecule has 0 spiro atoms. The normalized spacial score (nSPS) is 12.3. The Morgan fingerprint density at radius 3 is 2.27 bits per heavy atom. The first-order chi connectivity index (χ1) is 17.6. The van der Waals surface area contributed by atoms with Crippen molar-refractivity contribution in [3.63, 3.8) is 0 Å². The largest absolute Gasteiger partial charge is 0.503 e. The maximum absolute atomic E-state index is 13.9. The number of rotatable bonds is 8. The molecule has 5 nitrogen and oxygen atoms in total. The predicted molar refractivity (Wildman–Crippen MR) is 132 cm³/mol. The highest BCUT2D eigenvalue weighted by Gasteiger charge is 2.34.